The Bertz CT molecular complexity index is 735. The first-order chi connectivity index (χ1) is 13.4. The lowest BCUT2D eigenvalue weighted by atomic mass is 9.88. The highest BCUT2D eigenvalue weighted by molar-refractivity contribution is 7.10. The molecule has 154 valence electrons. The van der Waals surface area contributed by atoms with E-state index < -0.39 is 12.1 Å². The van der Waals surface area contributed by atoms with Crippen molar-refractivity contribution in [3.8, 4) is 0 Å². The third kappa shape index (κ3) is 4.57. The number of esters is 2. The molecule has 0 aromatic carbocycles. The molecule has 0 N–H and O–H groups in total. The number of rotatable bonds is 5. The third-order valence-corrected chi connectivity index (χ3v) is 6.73. The van der Waals surface area contributed by atoms with Crippen LogP contribution in [0.5, 0.6) is 0 Å². The second kappa shape index (κ2) is 9.07. The van der Waals surface area contributed by atoms with Gasteiger partial charge in [-0.1, -0.05) is 6.92 Å². The summed E-state index contributed by atoms with van der Waals surface area (Å²) < 4.78 is 10.6. The first-order valence-electron chi connectivity index (χ1n) is 10.2. The van der Waals surface area contributed by atoms with Gasteiger partial charge in [0, 0.05) is 23.3 Å². The zero-order valence-corrected chi connectivity index (χ0v) is 17.7. The van der Waals surface area contributed by atoms with Gasteiger partial charge in [0.15, 0.2) is 6.10 Å². The van der Waals surface area contributed by atoms with E-state index in [0.717, 1.165) is 24.8 Å². The van der Waals surface area contributed by atoms with Crippen LogP contribution in [0.1, 0.15) is 60.8 Å². The molecule has 0 saturated carbocycles. The Labute approximate surface area is 170 Å². The van der Waals surface area contributed by atoms with Gasteiger partial charge in [0.05, 0.1) is 18.1 Å². The lowest BCUT2D eigenvalue weighted by molar-refractivity contribution is -0.152. The van der Waals surface area contributed by atoms with Crippen LogP contribution < -0.4 is 0 Å². The fourth-order valence-corrected chi connectivity index (χ4v) is 5.21. The first kappa shape index (κ1) is 20.8. The molecule has 2 unspecified atom stereocenters. The molecule has 3 rings (SSSR count). The summed E-state index contributed by atoms with van der Waals surface area (Å²) in [6.07, 6.45) is 3.33. The second-order valence-electron chi connectivity index (χ2n) is 7.80. The summed E-state index contributed by atoms with van der Waals surface area (Å²) in [5, 5.41) is 1.87. The number of carbonyl (C=O) groups excluding carboxylic acids is 3. The monoisotopic (exact) mass is 407 g/mol. The quantitative estimate of drug-likeness (QED) is 0.701. The molecule has 2 atom stereocenters. The molecule has 0 spiro atoms. The Morgan fingerprint density at radius 3 is 2.64 bits per heavy atom. The Kier molecular flexibility index (Phi) is 6.75. The molecule has 2 aliphatic rings. The summed E-state index contributed by atoms with van der Waals surface area (Å²) in [6.45, 7) is 6.98. The summed E-state index contributed by atoms with van der Waals surface area (Å²) >= 11 is 1.61. The molecule has 1 fully saturated rings. The summed E-state index contributed by atoms with van der Waals surface area (Å²) in [5.74, 6) is -0.303. The molecule has 7 heteroatoms. The van der Waals surface area contributed by atoms with Gasteiger partial charge in [-0.25, -0.2) is 4.79 Å². The van der Waals surface area contributed by atoms with Crippen molar-refractivity contribution in [1.82, 2.24) is 4.90 Å². The van der Waals surface area contributed by atoms with E-state index in [1.165, 1.54) is 4.88 Å². The van der Waals surface area contributed by atoms with Gasteiger partial charge in [-0.2, -0.15) is 0 Å². The molecule has 28 heavy (non-hydrogen) atoms. The maximum atomic E-state index is 12.7. The van der Waals surface area contributed by atoms with Crippen LogP contribution in [0, 0.1) is 11.8 Å². The van der Waals surface area contributed by atoms with E-state index in [2.05, 4.69) is 6.92 Å². The van der Waals surface area contributed by atoms with Crippen LogP contribution in [0.4, 0.5) is 0 Å². The van der Waals surface area contributed by atoms with Crippen LogP contribution in [-0.2, 0) is 31.9 Å². The van der Waals surface area contributed by atoms with Crippen LogP contribution in [0.3, 0.4) is 0 Å². The van der Waals surface area contributed by atoms with Crippen molar-refractivity contribution in [1.29, 1.82) is 0 Å². The van der Waals surface area contributed by atoms with Crippen LogP contribution in [-0.4, -0.2) is 48.5 Å². The van der Waals surface area contributed by atoms with Crippen LogP contribution >= 0.6 is 11.3 Å². The van der Waals surface area contributed by atoms with E-state index in [4.69, 9.17) is 9.47 Å². The highest BCUT2D eigenvalue weighted by Gasteiger charge is 2.32. The number of likely N-dealkylation sites (tertiary alicyclic amines) is 1. The Morgan fingerprint density at radius 1 is 1.25 bits per heavy atom. The highest BCUT2D eigenvalue weighted by Crippen LogP contribution is 2.33. The van der Waals surface area contributed by atoms with Crippen molar-refractivity contribution in [2.45, 2.75) is 59.0 Å². The average molecular weight is 408 g/mol. The van der Waals surface area contributed by atoms with E-state index in [0.29, 0.717) is 44.0 Å². The summed E-state index contributed by atoms with van der Waals surface area (Å²) in [4.78, 5) is 40.1. The number of thiophene rings is 1. The van der Waals surface area contributed by atoms with Crippen molar-refractivity contribution in [2.24, 2.45) is 11.8 Å². The lowest BCUT2D eigenvalue weighted by Gasteiger charge is -2.32. The predicted molar refractivity (Wildman–Crippen MR) is 106 cm³/mol. The molecule has 2 heterocycles. The van der Waals surface area contributed by atoms with E-state index in [9.17, 15) is 14.4 Å². The average Bonchev–Trinajstić information content (AvgIpc) is 3.10. The van der Waals surface area contributed by atoms with Gasteiger partial charge in [0.2, 0.25) is 0 Å². The molecule has 6 nitrogen and oxygen atoms in total. The third-order valence-electron chi connectivity index (χ3n) is 5.68. The number of amides is 1. The van der Waals surface area contributed by atoms with Crippen LogP contribution in [0.25, 0.3) is 0 Å². The molecule has 1 aromatic heterocycles. The smallest absolute Gasteiger partial charge is 0.340 e. The number of fused-ring (bicyclic) bond motifs is 1. The highest BCUT2D eigenvalue weighted by atomic mass is 32.1. The SMILES string of the molecule is CCOC(=O)C1CCN(C(=O)C(C)OC(=O)c2csc3c2CCC(C)C3)CC1. The van der Waals surface area contributed by atoms with Gasteiger partial charge in [-0.3, -0.25) is 9.59 Å². The molecule has 0 radical (unpaired) electrons. The first-order valence-corrected chi connectivity index (χ1v) is 11.0. The van der Waals surface area contributed by atoms with Gasteiger partial charge < -0.3 is 14.4 Å². The predicted octanol–water partition coefficient (Wildman–Crippen LogP) is 3.22. The molecule has 1 aliphatic carbocycles. The fourth-order valence-electron chi connectivity index (χ4n) is 3.98. The Balaban J connectivity index is 1.54. The lowest BCUT2D eigenvalue weighted by Crippen LogP contribution is -2.45. The van der Waals surface area contributed by atoms with Crippen LogP contribution in [0.2, 0.25) is 0 Å². The molecule has 1 saturated heterocycles. The summed E-state index contributed by atoms with van der Waals surface area (Å²) in [7, 11) is 0. The largest absolute Gasteiger partial charge is 0.466 e. The van der Waals surface area contributed by atoms with Crippen molar-refractivity contribution in [2.75, 3.05) is 19.7 Å². The number of hydrogen-bond acceptors (Lipinski definition) is 6. The van der Waals surface area contributed by atoms with Gasteiger partial charge in [-0.05, 0) is 57.4 Å². The minimum Gasteiger partial charge on any atom is -0.466 e. The fraction of sp³-hybridized carbons (Fsp3) is 0.667. The summed E-state index contributed by atoms with van der Waals surface area (Å²) in [5.41, 5.74) is 1.72. The molecular weight excluding hydrogens is 378 g/mol. The number of hydrogen-bond donors (Lipinski definition) is 0. The van der Waals surface area contributed by atoms with Gasteiger partial charge in [-0.15, -0.1) is 11.3 Å². The van der Waals surface area contributed by atoms with E-state index in [1.807, 2.05) is 5.38 Å². The molecule has 1 aliphatic heterocycles. The molecule has 1 aromatic rings. The Morgan fingerprint density at radius 2 is 1.96 bits per heavy atom. The number of carbonyl (C=O) groups is 3. The van der Waals surface area contributed by atoms with Crippen molar-refractivity contribution in [3.05, 3.63) is 21.4 Å². The van der Waals surface area contributed by atoms with E-state index in [1.54, 1.807) is 30.1 Å². The number of nitrogens with zero attached hydrogens (tertiary/aromatic N) is 1. The maximum Gasteiger partial charge on any atom is 0.340 e. The minimum atomic E-state index is -0.829. The van der Waals surface area contributed by atoms with Crippen LogP contribution in [0.15, 0.2) is 5.38 Å². The second-order valence-corrected chi connectivity index (χ2v) is 8.76. The summed E-state index contributed by atoms with van der Waals surface area (Å²) in [6, 6.07) is 0. The topological polar surface area (TPSA) is 72.9 Å². The molecule has 0 bridgehead atoms. The normalized spacial score (nSPS) is 21.0. The molecular formula is C21H29NO5S. The standard InChI is InChI=1S/C21H29NO5S/c1-4-26-20(24)15-7-9-22(10-8-15)19(23)14(3)27-21(25)17-12-28-18-11-13(2)5-6-16(17)18/h12-15H,4-11H2,1-3H3. The van der Waals surface area contributed by atoms with Crippen molar-refractivity contribution in [3.63, 3.8) is 0 Å². The zero-order chi connectivity index (χ0) is 20.3. The van der Waals surface area contributed by atoms with Gasteiger partial charge in [0.1, 0.15) is 0 Å². The Hall–Kier alpha value is -1.89. The number of piperidine rings is 1. The minimum absolute atomic E-state index is 0.151. The zero-order valence-electron chi connectivity index (χ0n) is 16.9. The van der Waals surface area contributed by atoms with Crippen molar-refractivity contribution >= 4 is 29.2 Å². The molecule has 1 amide bonds. The van der Waals surface area contributed by atoms with Gasteiger partial charge in [0.25, 0.3) is 5.91 Å². The van der Waals surface area contributed by atoms with E-state index >= 15 is 0 Å². The number of ether oxygens (including phenoxy) is 2. The maximum absolute atomic E-state index is 12.7. The van der Waals surface area contributed by atoms with Crippen molar-refractivity contribution < 1.29 is 23.9 Å². The van der Waals surface area contributed by atoms with Gasteiger partial charge >= 0.3 is 11.9 Å². The van der Waals surface area contributed by atoms with E-state index in [-0.39, 0.29) is 17.8 Å².